The second-order valence-corrected chi connectivity index (χ2v) is 5.88. The average Bonchev–Trinajstić information content (AvgIpc) is 1.83. The molecule has 0 bridgehead atoms. The van der Waals surface area contributed by atoms with Crippen molar-refractivity contribution in [1.29, 1.82) is 0 Å². The molecular formula is C8H16Sn. The molecule has 3 atom stereocenters. The monoisotopic (exact) mass is 232 g/mol. The van der Waals surface area contributed by atoms with Crippen molar-refractivity contribution in [3.05, 3.63) is 0 Å². The maximum absolute atomic E-state index is 2.43. The summed E-state index contributed by atoms with van der Waals surface area (Å²) in [5.41, 5.74) is 0. The van der Waals surface area contributed by atoms with Crippen molar-refractivity contribution in [3.8, 4) is 0 Å². The van der Waals surface area contributed by atoms with Crippen LogP contribution in [0.25, 0.3) is 0 Å². The van der Waals surface area contributed by atoms with Crippen LogP contribution in [0.1, 0.15) is 33.1 Å². The van der Waals surface area contributed by atoms with Crippen LogP contribution in [0.3, 0.4) is 0 Å². The third-order valence-corrected chi connectivity index (χ3v) is 5.45. The number of hydrogen-bond acceptors (Lipinski definition) is 0. The molecule has 0 aromatic rings. The summed E-state index contributed by atoms with van der Waals surface area (Å²) in [6.07, 6.45) is 4.50. The third-order valence-electron chi connectivity index (χ3n) is 2.77. The number of rotatable bonds is 0. The van der Waals surface area contributed by atoms with Crippen LogP contribution in [0, 0.1) is 11.8 Å². The molecule has 0 aromatic carbocycles. The molecule has 0 heterocycles. The molecule has 0 spiro atoms. The van der Waals surface area contributed by atoms with Gasteiger partial charge in [0.05, 0.1) is 0 Å². The van der Waals surface area contributed by atoms with E-state index < -0.39 is 0 Å². The van der Waals surface area contributed by atoms with Crippen molar-refractivity contribution in [1.82, 2.24) is 0 Å². The minimum atomic E-state index is 1.01. The van der Waals surface area contributed by atoms with E-state index in [0.717, 1.165) is 15.8 Å². The van der Waals surface area contributed by atoms with Crippen molar-refractivity contribution >= 4 is 22.5 Å². The zero-order valence-corrected chi connectivity index (χ0v) is 9.73. The Kier molecular flexibility index (Phi) is 2.87. The second kappa shape index (κ2) is 3.27. The van der Waals surface area contributed by atoms with Crippen molar-refractivity contribution in [2.75, 3.05) is 0 Å². The summed E-state index contributed by atoms with van der Waals surface area (Å²) in [5.74, 6) is 2.04. The van der Waals surface area contributed by atoms with E-state index >= 15 is 0 Å². The first-order valence-corrected chi connectivity index (χ1v) is 5.87. The summed E-state index contributed by atoms with van der Waals surface area (Å²) in [7, 11) is 0. The molecule has 1 aliphatic carbocycles. The first kappa shape index (κ1) is 7.90. The topological polar surface area (TPSA) is 0 Å². The van der Waals surface area contributed by atoms with Gasteiger partial charge in [-0.1, -0.05) is 0 Å². The van der Waals surface area contributed by atoms with Crippen molar-refractivity contribution in [3.63, 3.8) is 0 Å². The Morgan fingerprint density at radius 2 is 1.89 bits per heavy atom. The Morgan fingerprint density at radius 1 is 1.22 bits per heavy atom. The van der Waals surface area contributed by atoms with E-state index in [2.05, 4.69) is 13.8 Å². The van der Waals surface area contributed by atoms with E-state index in [-0.39, 0.29) is 0 Å². The summed E-state index contributed by atoms with van der Waals surface area (Å²) in [4.78, 5) is 0. The molecule has 0 nitrogen and oxygen atoms in total. The van der Waals surface area contributed by atoms with Crippen molar-refractivity contribution in [2.24, 2.45) is 11.8 Å². The van der Waals surface area contributed by atoms with E-state index in [0.29, 0.717) is 0 Å². The Hall–Kier alpha value is 0.799. The molecule has 3 unspecified atom stereocenters. The van der Waals surface area contributed by atoms with Crippen LogP contribution in [0.2, 0.25) is 3.93 Å². The fourth-order valence-electron chi connectivity index (χ4n) is 1.62. The molecule has 1 heteroatoms. The molecular weight excluding hydrogens is 215 g/mol. The number of hydrogen-bond donors (Lipinski definition) is 0. The molecule has 1 aliphatic rings. The van der Waals surface area contributed by atoms with Crippen LogP contribution in [0.5, 0.6) is 0 Å². The molecule has 0 saturated heterocycles. The van der Waals surface area contributed by atoms with Crippen molar-refractivity contribution in [2.45, 2.75) is 37.0 Å². The Labute approximate surface area is 71.5 Å². The molecule has 0 amide bonds. The third kappa shape index (κ3) is 1.86. The molecule has 9 heavy (non-hydrogen) atoms. The first-order valence-electron chi connectivity index (χ1n) is 3.97. The predicted octanol–water partition coefficient (Wildman–Crippen LogP) is 2.13. The van der Waals surface area contributed by atoms with Crippen LogP contribution in [-0.4, -0.2) is 22.5 Å². The van der Waals surface area contributed by atoms with Gasteiger partial charge in [-0.3, -0.25) is 0 Å². The van der Waals surface area contributed by atoms with Gasteiger partial charge in [0.25, 0.3) is 0 Å². The molecule has 0 aliphatic heterocycles. The van der Waals surface area contributed by atoms with Crippen molar-refractivity contribution < 1.29 is 0 Å². The van der Waals surface area contributed by atoms with Gasteiger partial charge in [-0.15, -0.1) is 0 Å². The first-order chi connectivity index (χ1) is 4.22. The van der Waals surface area contributed by atoms with Crippen LogP contribution in [-0.2, 0) is 0 Å². The molecule has 1 rings (SSSR count). The average molecular weight is 231 g/mol. The molecule has 52 valence electrons. The molecule has 1 saturated carbocycles. The zero-order valence-electron chi connectivity index (χ0n) is 6.43. The Balaban J connectivity index is 2.41. The van der Waals surface area contributed by atoms with Gasteiger partial charge in [0, 0.05) is 0 Å². The Bertz CT molecular complexity index is 80.6. The molecule has 2 radical (unpaired) electrons. The van der Waals surface area contributed by atoms with Gasteiger partial charge in [-0.2, -0.15) is 0 Å². The van der Waals surface area contributed by atoms with E-state index in [4.69, 9.17) is 0 Å². The summed E-state index contributed by atoms with van der Waals surface area (Å²) in [5, 5.41) is 0. The normalized spacial score (nSPS) is 45.0. The fraction of sp³-hybridized carbons (Fsp3) is 1.00. The summed E-state index contributed by atoms with van der Waals surface area (Å²) in [6, 6.07) is 0. The van der Waals surface area contributed by atoms with Gasteiger partial charge in [0.2, 0.25) is 0 Å². The van der Waals surface area contributed by atoms with Crippen LogP contribution < -0.4 is 0 Å². The van der Waals surface area contributed by atoms with E-state index in [1.807, 2.05) is 0 Å². The standard InChI is InChI=1S/C8H15.Sn.H/c1-7-5-3-4-6-8(7)2;;/h5,7-8H,3-4,6H2,1-2H3;;. The summed E-state index contributed by atoms with van der Waals surface area (Å²) >= 11 is 1.48. The van der Waals surface area contributed by atoms with Gasteiger partial charge in [0.1, 0.15) is 0 Å². The molecule has 0 N–H and O–H groups in total. The molecule has 1 fully saturated rings. The SMILES string of the molecule is CC1CCC[CH]([SnH])C1C. The van der Waals surface area contributed by atoms with Crippen LogP contribution in [0.4, 0.5) is 0 Å². The minimum absolute atomic E-state index is 1.01. The van der Waals surface area contributed by atoms with E-state index in [9.17, 15) is 0 Å². The zero-order chi connectivity index (χ0) is 6.85. The van der Waals surface area contributed by atoms with Gasteiger partial charge >= 0.3 is 71.4 Å². The van der Waals surface area contributed by atoms with E-state index in [1.54, 1.807) is 0 Å². The van der Waals surface area contributed by atoms with Gasteiger partial charge in [0.15, 0.2) is 0 Å². The summed E-state index contributed by atoms with van der Waals surface area (Å²) in [6.45, 7) is 4.84. The van der Waals surface area contributed by atoms with E-state index in [1.165, 1.54) is 41.8 Å². The quantitative estimate of drug-likeness (QED) is 0.560. The van der Waals surface area contributed by atoms with Gasteiger partial charge in [-0.05, 0) is 0 Å². The van der Waals surface area contributed by atoms with Crippen LogP contribution >= 0.6 is 0 Å². The summed E-state index contributed by atoms with van der Waals surface area (Å²) < 4.78 is 1.11. The Morgan fingerprint density at radius 3 is 2.33 bits per heavy atom. The van der Waals surface area contributed by atoms with Gasteiger partial charge < -0.3 is 0 Å². The maximum atomic E-state index is 2.43. The predicted molar refractivity (Wildman–Crippen MR) is 43.1 cm³/mol. The fourth-order valence-corrected chi connectivity index (χ4v) is 3.38. The van der Waals surface area contributed by atoms with Gasteiger partial charge in [-0.25, -0.2) is 0 Å². The molecule has 0 aromatic heterocycles. The van der Waals surface area contributed by atoms with Crippen LogP contribution in [0.15, 0.2) is 0 Å². The second-order valence-electron chi connectivity index (χ2n) is 3.43.